The molecule has 0 aliphatic carbocycles. The number of alkyl halides is 3. The molecule has 1 N–H and O–H groups in total. The Morgan fingerprint density at radius 1 is 0.821 bits per heavy atom. The Kier molecular flexibility index (Phi) is 4.40. The van der Waals surface area contributed by atoms with Crippen LogP contribution in [-0.2, 0) is 23.0 Å². The lowest BCUT2D eigenvalue weighted by molar-refractivity contribution is -0.137. The Balaban J connectivity index is 1.67. The number of benzene rings is 3. The molecular formula is C20H14F3NO3S. The van der Waals surface area contributed by atoms with Crippen LogP contribution in [0.4, 0.5) is 13.2 Å². The van der Waals surface area contributed by atoms with Gasteiger partial charge in [0.1, 0.15) is 0 Å². The average Bonchev–Trinajstić information content (AvgIpc) is 2.66. The van der Waals surface area contributed by atoms with Crippen molar-refractivity contribution in [3.8, 4) is 28.0 Å². The fourth-order valence-electron chi connectivity index (χ4n) is 3.05. The van der Waals surface area contributed by atoms with Crippen molar-refractivity contribution in [2.45, 2.75) is 12.7 Å². The third kappa shape index (κ3) is 3.61. The van der Waals surface area contributed by atoms with Gasteiger partial charge in [0.2, 0.25) is 0 Å². The largest absolute Gasteiger partial charge is 0.416 e. The van der Waals surface area contributed by atoms with Crippen LogP contribution in [0.5, 0.6) is 5.75 Å². The number of hydrogen-bond acceptors (Lipinski definition) is 3. The molecule has 1 aliphatic rings. The first kappa shape index (κ1) is 18.5. The van der Waals surface area contributed by atoms with Crippen molar-refractivity contribution in [2.24, 2.45) is 0 Å². The van der Waals surface area contributed by atoms with E-state index in [1.807, 2.05) is 0 Å². The molecule has 144 valence electrons. The van der Waals surface area contributed by atoms with E-state index in [2.05, 4.69) is 4.72 Å². The smallest absolute Gasteiger partial charge is 0.370 e. The van der Waals surface area contributed by atoms with Crippen LogP contribution in [-0.4, -0.2) is 8.42 Å². The maximum Gasteiger partial charge on any atom is 0.416 e. The normalized spacial score (nSPS) is 15.5. The van der Waals surface area contributed by atoms with E-state index >= 15 is 0 Å². The van der Waals surface area contributed by atoms with Crippen molar-refractivity contribution in [3.05, 3.63) is 77.9 Å². The summed E-state index contributed by atoms with van der Waals surface area (Å²) in [5.74, 6) is 0.281. The van der Waals surface area contributed by atoms with Gasteiger partial charge < -0.3 is 4.18 Å². The van der Waals surface area contributed by atoms with Gasteiger partial charge in [-0.25, -0.2) is 0 Å². The van der Waals surface area contributed by atoms with E-state index in [4.69, 9.17) is 4.18 Å². The summed E-state index contributed by atoms with van der Waals surface area (Å²) < 4.78 is 69.0. The van der Waals surface area contributed by atoms with Crippen molar-refractivity contribution >= 4 is 10.3 Å². The molecule has 0 saturated heterocycles. The van der Waals surface area contributed by atoms with E-state index in [0.29, 0.717) is 11.1 Å². The maximum atomic E-state index is 12.7. The predicted octanol–water partition coefficient (Wildman–Crippen LogP) is 4.77. The predicted molar refractivity (Wildman–Crippen MR) is 98.7 cm³/mol. The molecule has 1 heterocycles. The molecule has 0 spiro atoms. The van der Waals surface area contributed by atoms with Gasteiger partial charge in [0, 0.05) is 17.7 Å². The summed E-state index contributed by atoms with van der Waals surface area (Å²) in [6, 6.07) is 17.4. The fourth-order valence-corrected chi connectivity index (χ4v) is 3.86. The highest BCUT2D eigenvalue weighted by Crippen LogP contribution is 2.37. The van der Waals surface area contributed by atoms with Gasteiger partial charge in [-0.3, -0.25) is 0 Å². The van der Waals surface area contributed by atoms with E-state index < -0.39 is 22.0 Å². The lowest BCUT2D eigenvalue weighted by Crippen LogP contribution is -2.32. The second-order valence-electron chi connectivity index (χ2n) is 6.30. The zero-order valence-electron chi connectivity index (χ0n) is 14.3. The molecule has 0 bridgehead atoms. The van der Waals surface area contributed by atoms with Gasteiger partial charge in [-0.15, -0.1) is 0 Å². The van der Waals surface area contributed by atoms with Crippen molar-refractivity contribution in [2.75, 3.05) is 0 Å². The molecule has 4 nitrogen and oxygen atoms in total. The zero-order valence-corrected chi connectivity index (χ0v) is 15.1. The third-order valence-corrected chi connectivity index (χ3v) is 5.35. The Hall–Kier alpha value is -2.84. The Bertz CT molecular complexity index is 1120. The van der Waals surface area contributed by atoms with Gasteiger partial charge in [-0.2, -0.15) is 26.3 Å². The minimum atomic E-state index is -4.37. The monoisotopic (exact) mass is 405 g/mol. The van der Waals surface area contributed by atoms with Crippen LogP contribution in [0.2, 0.25) is 0 Å². The van der Waals surface area contributed by atoms with Gasteiger partial charge in [0.05, 0.1) is 5.56 Å². The van der Waals surface area contributed by atoms with E-state index in [1.165, 1.54) is 12.1 Å². The van der Waals surface area contributed by atoms with Gasteiger partial charge in [-0.05, 0) is 28.8 Å². The summed E-state index contributed by atoms with van der Waals surface area (Å²) >= 11 is 0. The zero-order chi connectivity index (χ0) is 19.9. The first-order valence-electron chi connectivity index (χ1n) is 8.32. The quantitative estimate of drug-likeness (QED) is 0.669. The second-order valence-corrected chi connectivity index (χ2v) is 7.67. The molecule has 1 aliphatic heterocycles. The van der Waals surface area contributed by atoms with Crippen LogP contribution >= 0.6 is 0 Å². The van der Waals surface area contributed by atoms with Gasteiger partial charge in [0.15, 0.2) is 5.75 Å². The Labute approximate surface area is 159 Å². The van der Waals surface area contributed by atoms with E-state index in [-0.39, 0.29) is 12.3 Å². The van der Waals surface area contributed by atoms with E-state index in [9.17, 15) is 21.6 Å². The lowest BCUT2D eigenvalue weighted by atomic mass is 9.97. The molecule has 0 amide bonds. The molecule has 0 fully saturated rings. The van der Waals surface area contributed by atoms with Crippen molar-refractivity contribution < 1.29 is 25.8 Å². The first-order valence-corrected chi connectivity index (χ1v) is 9.73. The number of rotatable bonds is 2. The molecule has 0 radical (unpaired) electrons. The molecule has 0 atom stereocenters. The van der Waals surface area contributed by atoms with Crippen LogP contribution in [0.15, 0.2) is 66.7 Å². The summed E-state index contributed by atoms with van der Waals surface area (Å²) in [6.07, 6.45) is -4.37. The molecule has 0 aromatic heterocycles. The number of hydrogen-bond donors (Lipinski definition) is 1. The van der Waals surface area contributed by atoms with Crippen LogP contribution < -0.4 is 8.91 Å². The molecule has 3 aromatic rings. The van der Waals surface area contributed by atoms with Gasteiger partial charge in [0.25, 0.3) is 0 Å². The van der Waals surface area contributed by atoms with Crippen molar-refractivity contribution in [3.63, 3.8) is 0 Å². The van der Waals surface area contributed by atoms with Crippen LogP contribution in [0.25, 0.3) is 22.3 Å². The number of fused-ring (bicyclic) bond motifs is 1. The second kappa shape index (κ2) is 6.65. The topological polar surface area (TPSA) is 55.4 Å². The SMILES string of the molecule is O=S1(=O)NCc2cccc(-c3ccc(-c4ccc(C(F)(F)F)cc4)cc3)c2O1. The summed E-state index contributed by atoms with van der Waals surface area (Å²) in [5.41, 5.74) is 2.79. The Morgan fingerprint density at radius 2 is 1.39 bits per heavy atom. The summed E-state index contributed by atoms with van der Waals surface area (Å²) in [5, 5.41) is 0. The molecule has 0 unspecified atom stereocenters. The minimum absolute atomic E-state index is 0.148. The summed E-state index contributed by atoms with van der Waals surface area (Å²) in [6.45, 7) is 0.148. The number of nitrogens with one attached hydrogen (secondary N) is 1. The minimum Gasteiger partial charge on any atom is -0.370 e. The van der Waals surface area contributed by atoms with Crippen molar-refractivity contribution in [1.82, 2.24) is 4.72 Å². The highest BCUT2D eigenvalue weighted by molar-refractivity contribution is 7.85. The summed E-state index contributed by atoms with van der Waals surface area (Å²) in [7, 11) is -3.84. The number of halogens is 3. The maximum absolute atomic E-state index is 12.7. The van der Waals surface area contributed by atoms with E-state index in [1.54, 1.807) is 42.5 Å². The van der Waals surface area contributed by atoms with Gasteiger partial charge >= 0.3 is 16.5 Å². The highest BCUT2D eigenvalue weighted by atomic mass is 32.2. The average molecular weight is 405 g/mol. The number of para-hydroxylation sites is 1. The molecule has 0 saturated carbocycles. The van der Waals surface area contributed by atoms with Crippen LogP contribution in [0, 0.1) is 0 Å². The van der Waals surface area contributed by atoms with E-state index in [0.717, 1.165) is 28.8 Å². The lowest BCUT2D eigenvalue weighted by Gasteiger charge is -2.20. The molecule has 4 rings (SSSR count). The summed E-state index contributed by atoms with van der Waals surface area (Å²) in [4.78, 5) is 0. The standard InChI is InChI=1S/C20H14F3NO3S/c21-20(22,23)17-10-8-14(9-11-17)13-4-6-15(7-5-13)18-3-1-2-16-12-24-28(25,26)27-19(16)18/h1-11,24H,12H2. The Morgan fingerprint density at radius 3 is 2.00 bits per heavy atom. The molecule has 8 heteroatoms. The third-order valence-electron chi connectivity index (χ3n) is 4.47. The van der Waals surface area contributed by atoms with Crippen LogP contribution in [0.1, 0.15) is 11.1 Å². The van der Waals surface area contributed by atoms with Gasteiger partial charge in [-0.1, -0.05) is 54.6 Å². The molecule has 3 aromatic carbocycles. The fraction of sp³-hybridized carbons (Fsp3) is 0.100. The molecule has 28 heavy (non-hydrogen) atoms. The first-order chi connectivity index (χ1) is 13.2. The van der Waals surface area contributed by atoms with Crippen molar-refractivity contribution in [1.29, 1.82) is 0 Å². The highest BCUT2D eigenvalue weighted by Gasteiger charge is 2.30. The molecular weight excluding hydrogens is 391 g/mol. The van der Waals surface area contributed by atoms with Crippen LogP contribution in [0.3, 0.4) is 0 Å².